The van der Waals surface area contributed by atoms with Crippen molar-refractivity contribution in [1.82, 2.24) is 20.2 Å². The molecule has 0 aliphatic carbocycles. The van der Waals surface area contributed by atoms with Crippen molar-refractivity contribution < 1.29 is 9.59 Å². The average Bonchev–Trinajstić information content (AvgIpc) is 2.67. The Morgan fingerprint density at radius 3 is 2.79 bits per heavy atom. The van der Waals surface area contributed by atoms with Gasteiger partial charge in [0.15, 0.2) is 0 Å². The fourth-order valence-electron chi connectivity index (χ4n) is 3.48. The van der Waals surface area contributed by atoms with Crippen LogP contribution in [0.4, 0.5) is 0 Å². The van der Waals surface area contributed by atoms with Crippen molar-refractivity contribution in [2.45, 2.75) is 65.0 Å². The Bertz CT molecular complexity index is 935. The minimum absolute atomic E-state index is 0.0406. The lowest BCUT2D eigenvalue weighted by atomic mass is 10.1. The van der Waals surface area contributed by atoms with Crippen molar-refractivity contribution in [3.63, 3.8) is 0 Å². The monoisotopic (exact) mass is 384 g/mol. The lowest BCUT2D eigenvalue weighted by Crippen LogP contribution is -2.45. The van der Waals surface area contributed by atoms with Crippen molar-refractivity contribution in [3.05, 3.63) is 39.9 Å². The summed E-state index contributed by atoms with van der Waals surface area (Å²) in [6, 6.07) is 4.28. The van der Waals surface area contributed by atoms with E-state index in [9.17, 15) is 14.4 Å². The van der Waals surface area contributed by atoms with Crippen LogP contribution in [0.15, 0.2) is 23.0 Å². The number of hydrogen-bond donors (Lipinski definition) is 2. The summed E-state index contributed by atoms with van der Waals surface area (Å²) in [6.07, 6.45) is 5.89. The highest BCUT2D eigenvalue weighted by Gasteiger charge is 2.18. The number of amides is 2. The van der Waals surface area contributed by atoms with Gasteiger partial charge in [-0.05, 0) is 44.4 Å². The minimum atomic E-state index is -0.635. The lowest BCUT2D eigenvalue weighted by Gasteiger charge is -2.17. The summed E-state index contributed by atoms with van der Waals surface area (Å²) in [5.74, 6) is 0.227. The zero-order chi connectivity index (χ0) is 20.1. The molecular weight excluding hydrogens is 356 g/mol. The second-order valence-corrected chi connectivity index (χ2v) is 7.37. The van der Waals surface area contributed by atoms with Gasteiger partial charge in [-0.3, -0.25) is 19.0 Å². The number of aromatic nitrogens is 2. The number of carbonyl (C=O) groups is 2. The van der Waals surface area contributed by atoms with Gasteiger partial charge in [-0.2, -0.15) is 0 Å². The van der Waals surface area contributed by atoms with Gasteiger partial charge in [0, 0.05) is 25.1 Å². The molecule has 1 atom stereocenters. The quantitative estimate of drug-likeness (QED) is 0.826. The largest absolute Gasteiger partial charge is 0.354 e. The van der Waals surface area contributed by atoms with Gasteiger partial charge in [-0.25, -0.2) is 4.98 Å². The fraction of sp³-hybridized carbons (Fsp3) is 0.524. The second kappa shape index (κ2) is 8.99. The SMILES string of the molecule is CCCNC(=O)[C@@H](C)NC(=O)c1ccc2c(=O)n3c(nc2c1)CCCCCC3. The van der Waals surface area contributed by atoms with Gasteiger partial charge in [-0.1, -0.05) is 19.8 Å². The first-order valence-electron chi connectivity index (χ1n) is 10.1. The van der Waals surface area contributed by atoms with Crippen LogP contribution in [0.2, 0.25) is 0 Å². The Labute approximate surface area is 164 Å². The average molecular weight is 384 g/mol. The van der Waals surface area contributed by atoms with E-state index in [1.807, 2.05) is 6.92 Å². The predicted octanol–water partition coefficient (Wildman–Crippen LogP) is 2.16. The van der Waals surface area contributed by atoms with E-state index in [0.29, 0.717) is 29.6 Å². The minimum Gasteiger partial charge on any atom is -0.354 e. The number of carbonyl (C=O) groups excluding carboxylic acids is 2. The molecule has 150 valence electrons. The zero-order valence-corrected chi connectivity index (χ0v) is 16.6. The third-order valence-corrected chi connectivity index (χ3v) is 5.12. The molecule has 1 aromatic heterocycles. The molecule has 2 aromatic rings. The Hall–Kier alpha value is -2.70. The topological polar surface area (TPSA) is 93.1 Å². The summed E-state index contributed by atoms with van der Waals surface area (Å²) in [5.41, 5.74) is 0.888. The van der Waals surface area contributed by atoms with Gasteiger partial charge >= 0.3 is 0 Å². The number of hydrogen-bond acceptors (Lipinski definition) is 4. The first-order valence-corrected chi connectivity index (χ1v) is 10.1. The molecule has 0 fully saturated rings. The van der Waals surface area contributed by atoms with E-state index in [0.717, 1.165) is 44.3 Å². The normalized spacial score (nSPS) is 15.2. The smallest absolute Gasteiger partial charge is 0.261 e. The van der Waals surface area contributed by atoms with E-state index in [1.165, 1.54) is 0 Å². The molecule has 1 aromatic carbocycles. The standard InChI is InChI=1S/C21H28N4O3/c1-3-11-22-19(26)14(2)23-20(27)15-9-10-16-17(13-15)24-18-8-6-4-5-7-12-25(18)21(16)28/h9-10,13-14H,3-8,11-12H2,1-2H3,(H,22,26)(H,23,27)/t14-/m1/s1. The zero-order valence-electron chi connectivity index (χ0n) is 16.6. The third-order valence-electron chi connectivity index (χ3n) is 5.12. The van der Waals surface area contributed by atoms with Gasteiger partial charge in [-0.15, -0.1) is 0 Å². The molecule has 7 heteroatoms. The van der Waals surface area contributed by atoms with E-state index in [2.05, 4.69) is 15.6 Å². The Kier molecular flexibility index (Phi) is 6.44. The van der Waals surface area contributed by atoms with E-state index in [1.54, 1.807) is 29.7 Å². The van der Waals surface area contributed by atoms with Crippen molar-refractivity contribution in [2.24, 2.45) is 0 Å². The van der Waals surface area contributed by atoms with E-state index >= 15 is 0 Å². The van der Waals surface area contributed by atoms with Gasteiger partial charge in [0.2, 0.25) is 5.91 Å². The second-order valence-electron chi connectivity index (χ2n) is 7.37. The van der Waals surface area contributed by atoms with Crippen molar-refractivity contribution in [1.29, 1.82) is 0 Å². The van der Waals surface area contributed by atoms with Crippen molar-refractivity contribution in [2.75, 3.05) is 6.54 Å². The van der Waals surface area contributed by atoms with Crippen LogP contribution in [0, 0.1) is 0 Å². The van der Waals surface area contributed by atoms with Crippen LogP contribution in [0.5, 0.6) is 0 Å². The number of benzene rings is 1. The van der Waals surface area contributed by atoms with Crippen molar-refractivity contribution >= 4 is 22.7 Å². The fourth-order valence-corrected chi connectivity index (χ4v) is 3.48. The summed E-state index contributed by atoms with van der Waals surface area (Å²) in [6.45, 7) is 4.89. The maximum Gasteiger partial charge on any atom is 0.261 e. The maximum atomic E-state index is 12.9. The molecule has 0 bridgehead atoms. The Morgan fingerprint density at radius 2 is 2.00 bits per heavy atom. The molecule has 0 saturated carbocycles. The highest BCUT2D eigenvalue weighted by molar-refractivity contribution is 5.99. The molecule has 3 rings (SSSR count). The molecule has 0 spiro atoms. The molecule has 2 N–H and O–H groups in total. The van der Waals surface area contributed by atoms with Gasteiger partial charge in [0.25, 0.3) is 11.5 Å². The summed E-state index contributed by atoms with van der Waals surface area (Å²) in [4.78, 5) is 42.0. The molecule has 2 amide bonds. The molecule has 0 radical (unpaired) electrons. The van der Waals surface area contributed by atoms with Gasteiger partial charge in [0.1, 0.15) is 11.9 Å². The van der Waals surface area contributed by atoms with Gasteiger partial charge < -0.3 is 10.6 Å². The van der Waals surface area contributed by atoms with Crippen LogP contribution in [0.3, 0.4) is 0 Å². The van der Waals surface area contributed by atoms with Crippen LogP contribution in [-0.4, -0.2) is 34.0 Å². The highest BCUT2D eigenvalue weighted by atomic mass is 16.2. The van der Waals surface area contributed by atoms with E-state index < -0.39 is 6.04 Å². The molecule has 2 heterocycles. The number of aryl methyl sites for hydroxylation is 1. The summed E-state index contributed by atoms with van der Waals surface area (Å²) < 4.78 is 1.78. The predicted molar refractivity (Wildman–Crippen MR) is 108 cm³/mol. The summed E-state index contributed by atoms with van der Waals surface area (Å²) in [7, 11) is 0. The molecule has 0 unspecified atom stereocenters. The lowest BCUT2D eigenvalue weighted by molar-refractivity contribution is -0.122. The first kappa shape index (κ1) is 20.0. The first-order chi connectivity index (χ1) is 13.5. The summed E-state index contributed by atoms with van der Waals surface area (Å²) >= 11 is 0. The van der Waals surface area contributed by atoms with Crippen molar-refractivity contribution in [3.8, 4) is 0 Å². The van der Waals surface area contributed by atoms with E-state index in [-0.39, 0.29) is 17.4 Å². The van der Waals surface area contributed by atoms with Crippen LogP contribution in [0.25, 0.3) is 10.9 Å². The number of rotatable bonds is 5. The Balaban J connectivity index is 1.85. The van der Waals surface area contributed by atoms with Crippen LogP contribution in [-0.2, 0) is 17.8 Å². The van der Waals surface area contributed by atoms with E-state index in [4.69, 9.17) is 0 Å². The summed E-state index contributed by atoms with van der Waals surface area (Å²) in [5, 5.41) is 5.99. The number of nitrogens with zero attached hydrogens (tertiary/aromatic N) is 2. The molecule has 28 heavy (non-hydrogen) atoms. The third kappa shape index (κ3) is 4.40. The van der Waals surface area contributed by atoms with Crippen LogP contribution in [0.1, 0.15) is 62.1 Å². The maximum absolute atomic E-state index is 12.9. The van der Waals surface area contributed by atoms with Gasteiger partial charge in [0.05, 0.1) is 10.9 Å². The molecule has 0 saturated heterocycles. The molecule has 1 aliphatic rings. The number of nitrogens with one attached hydrogen (secondary N) is 2. The van der Waals surface area contributed by atoms with Crippen LogP contribution < -0.4 is 16.2 Å². The van der Waals surface area contributed by atoms with Crippen LogP contribution >= 0.6 is 0 Å². The Morgan fingerprint density at radius 1 is 1.21 bits per heavy atom. The molecule has 1 aliphatic heterocycles. The highest BCUT2D eigenvalue weighted by Crippen LogP contribution is 2.16. The molecular formula is C21H28N4O3. The number of fused-ring (bicyclic) bond motifs is 2. The molecule has 7 nitrogen and oxygen atoms in total.